The summed E-state index contributed by atoms with van der Waals surface area (Å²) in [6, 6.07) is 0. The van der Waals surface area contributed by atoms with Gasteiger partial charge in [0.25, 0.3) is 0 Å². The molecular weight excluding hydrogens is 284 g/mol. The molecule has 0 aliphatic carbocycles. The number of nitrogens with one attached hydrogen (secondary N) is 1. The van der Waals surface area contributed by atoms with Crippen LogP contribution in [0.3, 0.4) is 0 Å². The lowest BCUT2D eigenvalue weighted by atomic mass is 10.4. The van der Waals surface area contributed by atoms with Gasteiger partial charge in [-0.1, -0.05) is 0 Å². The highest BCUT2D eigenvalue weighted by molar-refractivity contribution is 9.10. The topological polar surface area (TPSA) is 81.6 Å². The minimum absolute atomic E-state index is 0.442. The van der Waals surface area contributed by atoms with E-state index in [1.54, 1.807) is 12.5 Å². The molecule has 2 aromatic rings. The largest absolute Gasteiger partial charge is 0.383 e. The highest BCUT2D eigenvalue weighted by atomic mass is 79.9. The predicted octanol–water partition coefficient (Wildman–Crippen LogP) is 1.52. The van der Waals surface area contributed by atoms with Crippen molar-refractivity contribution in [2.24, 2.45) is 0 Å². The Balaban J connectivity index is 1.80. The molecule has 90 valence electrons. The molecule has 2 aromatic heterocycles. The van der Waals surface area contributed by atoms with Crippen molar-refractivity contribution in [3.05, 3.63) is 29.5 Å². The molecule has 7 heteroatoms. The molecule has 0 amide bonds. The third-order valence-electron chi connectivity index (χ3n) is 2.26. The number of imidazole rings is 1. The summed E-state index contributed by atoms with van der Waals surface area (Å²) in [5, 5.41) is 3.20. The molecule has 3 N–H and O–H groups in total. The van der Waals surface area contributed by atoms with E-state index in [-0.39, 0.29) is 0 Å². The van der Waals surface area contributed by atoms with E-state index in [9.17, 15) is 0 Å². The Morgan fingerprint density at radius 3 is 3.06 bits per heavy atom. The van der Waals surface area contributed by atoms with Crippen LogP contribution in [0.2, 0.25) is 0 Å². The van der Waals surface area contributed by atoms with Gasteiger partial charge < -0.3 is 15.6 Å². The average Bonchev–Trinajstić information content (AvgIpc) is 2.83. The first kappa shape index (κ1) is 11.8. The summed E-state index contributed by atoms with van der Waals surface area (Å²) < 4.78 is 2.74. The summed E-state index contributed by atoms with van der Waals surface area (Å²) in [5.41, 5.74) is 5.65. The molecule has 6 nitrogen and oxygen atoms in total. The molecule has 0 atom stereocenters. The van der Waals surface area contributed by atoms with E-state index in [1.165, 1.54) is 6.33 Å². The highest BCUT2D eigenvalue weighted by Gasteiger charge is 2.04. The summed E-state index contributed by atoms with van der Waals surface area (Å²) in [5.74, 6) is 1.17. The van der Waals surface area contributed by atoms with Crippen molar-refractivity contribution in [2.75, 3.05) is 17.6 Å². The van der Waals surface area contributed by atoms with E-state index in [0.29, 0.717) is 10.3 Å². The Hall–Kier alpha value is -1.63. The molecule has 0 bridgehead atoms. The zero-order valence-corrected chi connectivity index (χ0v) is 10.8. The number of anilines is 2. The molecule has 0 unspecified atom stereocenters. The lowest BCUT2D eigenvalue weighted by molar-refractivity contribution is 0.660. The minimum Gasteiger partial charge on any atom is -0.383 e. The molecule has 0 saturated heterocycles. The van der Waals surface area contributed by atoms with Gasteiger partial charge in [0, 0.05) is 25.5 Å². The second-order valence-electron chi connectivity index (χ2n) is 3.50. The average molecular weight is 297 g/mol. The maximum Gasteiger partial charge on any atom is 0.145 e. The van der Waals surface area contributed by atoms with Gasteiger partial charge in [-0.05, 0) is 22.4 Å². The summed E-state index contributed by atoms with van der Waals surface area (Å²) in [6.07, 6.45) is 7.94. The van der Waals surface area contributed by atoms with Crippen LogP contribution in [0.15, 0.2) is 29.5 Å². The maximum absolute atomic E-state index is 5.65. The Kier molecular flexibility index (Phi) is 3.92. The van der Waals surface area contributed by atoms with Crippen molar-refractivity contribution in [3.63, 3.8) is 0 Å². The van der Waals surface area contributed by atoms with E-state index >= 15 is 0 Å². The Morgan fingerprint density at radius 1 is 1.41 bits per heavy atom. The van der Waals surface area contributed by atoms with Gasteiger partial charge in [-0.15, -0.1) is 0 Å². The van der Waals surface area contributed by atoms with Crippen molar-refractivity contribution in [1.29, 1.82) is 0 Å². The summed E-state index contributed by atoms with van der Waals surface area (Å²) in [4.78, 5) is 12.0. The van der Waals surface area contributed by atoms with Gasteiger partial charge >= 0.3 is 0 Å². The van der Waals surface area contributed by atoms with Crippen molar-refractivity contribution in [3.8, 4) is 0 Å². The number of nitrogens with zero attached hydrogens (tertiary/aromatic N) is 4. The van der Waals surface area contributed by atoms with Gasteiger partial charge in [0.15, 0.2) is 0 Å². The van der Waals surface area contributed by atoms with Gasteiger partial charge in [0.05, 0.1) is 6.33 Å². The summed E-state index contributed by atoms with van der Waals surface area (Å²) >= 11 is 3.34. The van der Waals surface area contributed by atoms with Crippen molar-refractivity contribution in [1.82, 2.24) is 19.5 Å². The maximum atomic E-state index is 5.65. The van der Waals surface area contributed by atoms with Gasteiger partial charge in [-0.25, -0.2) is 15.0 Å². The molecule has 0 radical (unpaired) electrons. The molecular formula is C10H13BrN6. The molecule has 2 heterocycles. The van der Waals surface area contributed by atoms with Gasteiger partial charge in [-0.3, -0.25) is 0 Å². The molecule has 0 aromatic carbocycles. The van der Waals surface area contributed by atoms with Gasteiger partial charge in [-0.2, -0.15) is 0 Å². The Morgan fingerprint density at radius 2 is 2.29 bits per heavy atom. The molecule has 0 aliphatic heterocycles. The second kappa shape index (κ2) is 5.62. The third kappa shape index (κ3) is 3.16. The fourth-order valence-corrected chi connectivity index (χ4v) is 1.74. The SMILES string of the molecule is Nc1ncnc(NCCCn2ccnc2)c1Br. The van der Waals surface area contributed by atoms with E-state index in [0.717, 1.165) is 25.3 Å². The Bertz CT molecular complexity index is 470. The molecule has 17 heavy (non-hydrogen) atoms. The zero-order valence-electron chi connectivity index (χ0n) is 9.17. The first-order valence-electron chi connectivity index (χ1n) is 5.23. The lowest BCUT2D eigenvalue weighted by Gasteiger charge is -2.08. The van der Waals surface area contributed by atoms with Crippen LogP contribution in [0, 0.1) is 0 Å². The van der Waals surface area contributed by atoms with Crippen molar-refractivity contribution in [2.45, 2.75) is 13.0 Å². The quantitative estimate of drug-likeness (QED) is 0.818. The van der Waals surface area contributed by atoms with Crippen LogP contribution in [-0.4, -0.2) is 26.1 Å². The highest BCUT2D eigenvalue weighted by Crippen LogP contribution is 2.23. The van der Waals surface area contributed by atoms with E-state index in [1.807, 2.05) is 10.8 Å². The van der Waals surface area contributed by atoms with Crippen molar-refractivity contribution < 1.29 is 0 Å². The standard InChI is InChI=1S/C10H13BrN6/c11-8-9(12)15-6-16-10(8)14-2-1-4-17-5-3-13-7-17/h3,5-7H,1-2,4H2,(H3,12,14,15,16). The third-order valence-corrected chi connectivity index (χ3v) is 3.04. The van der Waals surface area contributed by atoms with Crippen LogP contribution < -0.4 is 11.1 Å². The van der Waals surface area contributed by atoms with Gasteiger partial charge in [0.2, 0.25) is 0 Å². The van der Waals surface area contributed by atoms with E-state index < -0.39 is 0 Å². The number of hydrogen-bond acceptors (Lipinski definition) is 5. The van der Waals surface area contributed by atoms with Crippen LogP contribution >= 0.6 is 15.9 Å². The number of rotatable bonds is 5. The smallest absolute Gasteiger partial charge is 0.145 e. The van der Waals surface area contributed by atoms with Crippen molar-refractivity contribution >= 4 is 27.6 Å². The van der Waals surface area contributed by atoms with Crippen LogP contribution in [0.5, 0.6) is 0 Å². The molecule has 2 rings (SSSR count). The van der Waals surface area contributed by atoms with E-state index in [4.69, 9.17) is 5.73 Å². The van der Waals surface area contributed by atoms with Crippen LogP contribution in [-0.2, 0) is 6.54 Å². The number of nitrogens with two attached hydrogens (primary N) is 1. The number of hydrogen-bond donors (Lipinski definition) is 2. The van der Waals surface area contributed by atoms with Crippen LogP contribution in [0.25, 0.3) is 0 Å². The number of aromatic nitrogens is 4. The van der Waals surface area contributed by atoms with E-state index in [2.05, 4.69) is 36.2 Å². The normalized spacial score (nSPS) is 10.4. The van der Waals surface area contributed by atoms with Crippen LogP contribution in [0.4, 0.5) is 11.6 Å². The summed E-state index contributed by atoms with van der Waals surface area (Å²) in [7, 11) is 0. The van der Waals surface area contributed by atoms with Crippen LogP contribution in [0.1, 0.15) is 6.42 Å². The Labute approximate surface area is 107 Å². The molecule has 0 spiro atoms. The molecule has 0 saturated carbocycles. The molecule has 0 fully saturated rings. The van der Waals surface area contributed by atoms with Gasteiger partial charge in [0.1, 0.15) is 22.4 Å². The first-order valence-corrected chi connectivity index (χ1v) is 6.02. The fraction of sp³-hybridized carbons (Fsp3) is 0.300. The number of halogens is 1. The monoisotopic (exact) mass is 296 g/mol. The fourth-order valence-electron chi connectivity index (χ4n) is 1.39. The minimum atomic E-state index is 0.442. The first-order chi connectivity index (χ1) is 8.27. The molecule has 0 aliphatic rings. The lowest BCUT2D eigenvalue weighted by Crippen LogP contribution is -2.08. The predicted molar refractivity (Wildman–Crippen MR) is 69.5 cm³/mol. The number of nitrogen functional groups attached to an aromatic ring is 1. The zero-order chi connectivity index (χ0) is 12.1. The summed E-state index contributed by atoms with van der Waals surface area (Å²) in [6.45, 7) is 1.73. The number of aryl methyl sites for hydroxylation is 1. The second-order valence-corrected chi connectivity index (χ2v) is 4.30.